The Labute approximate surface area is 130 Å². The van der Waals surface area contributed by atoms with Gasteiger partial charge in [-0.1, -0.05) is 24.3 Å². The van der Waals surface area contributed by atoms with Crippen LogP contribution in [-0.2, 0) is 20.2 Å². The maximum absolute atomic E-state index is 5.90. The zero-order valence-corrected chi connectivity index (χ0v) is 12.9. The first kappa shape index (κ1) is 14.5. The van der Waals surface area contributed by atoms with Crippen LogP contribution < -0.4 is 15.2 Å². The van der Waals surface area contributed by atoms with Gasteiger partial charge in [-0.25, -0.2) is 0 Å². The van der Waals surface area contributed by atoms with Crippen molar-refractivity contribution in [2.24, 2.45) is 12.8 Å². The van der Waals surface area contributed by atoms with Gasteiger partial charge in [-0.3, -0.25) is 0 Å². The lowest BCUT2D eigenvalue weighted by Crippen LogP contribution is -1.99. The number of rotatable bonds is 5. The zero-order chi connectivity index (χ0) is 15.5. The Morgan fingerprint density at radius 1 is 1.05 bits per heavy atom. The summed E-state index contributed by atoms with van der Waals surface area (Å²) in [7, 11) is 3.69. The maximum Gasteiger partial charge on any atom is 0.123 e. The van der Waals surface area contributed by atoms with E-state index in [2.05, 4.69) is 22.9 Å². The molecule has 0 aliphatic carbocycles. The number of hydrogen-bond donors (Lipinski definition) is 1. The second-order valence-corrected chi connectivity index (χ2v) is 5.25. The summed E-state index contributed by atoms with van der Waals surface area (Å²) in [4.78, 5) is 0. The Bertz CT molecular complexity index is 793. The highest BCUT2D eigenvalue weighted by molar-refractivity contribution is 5.86. The average molecular weight is 296 g/mol. The molecule has 0 fully saturated rings. The van der Waals surface area contributed by atoms with Crippen molar-refractivity contribution >= 4 is 10.9 Å². The van der Waals surface area contributed by atoms with E-state index in [1.807, 2.05) is 37.4 Å². The summed E-state index contributed by atoms with van der Waals surface area (Å²) >= 11 is 0. The molecule has 2 N–H and O–H groups in total. The van der Waals surface area contributed by atoms with Crippen molar-refractivity contribution in [1.82, 2.24) is 4.57 Å². The van der Waals surface area contributed by atoms with E-state index in [4.69, 9.17) is 15.2 Å². The van der Waals surface area contributed by atoms with E-state index in [1.165, 1.54) is 10.9 Å². The van der Waals surface area contributed by atoms with E-state index in [1.54, 1.807) is 7.11 Å². The van der Waals surface area contributed by atoms with Crippen molar-refractivity contribution in [3.05, 3.63) is 59.8 Å². The molecule has 0 spiro atoms. The van der Waals surface area contributed by atoms with Gasteiger partial charge in [0, 0.05) is 36.8 Å². The maximum atomic E-state index is 5.90. The first-order chi connectivity index (χ1) is 10.7. The Balaban J connectivity index is 1.88. The molecular weight excluding hydrogens is 276 g/mol. The van der Waals surface area contributed by atoms with E-state index in [0.717, 1.165) is 22.6 Å². The highest BCUT2D eigenvalue weighted by Crippen LogP contribution is 2.26. The second-order valence-electron chi connectivity index (χ2n) is 5.25. The molecule has 22 heavy (non-hydrogen) atoms. The van der Waals surface area contributed by atoms with Gasteiger partial charge in [0.05, 0.1) is 12.6 Å². The minimum absolute atomic E-state index is 0.512. The fraction of sp³-hybridized carbons (Fsp3) is 0.222. The van der Waals surface area contributed by atoms with Crippen molar-refractivity contribution in [1.29, 1.82) is 0 Å². The van der Waals surface area contributed by atoms with Crippen LogP contribution in [0.15, 0.2) is 48.7 Å². The number of aromatic nitrogens is 1. The number of hydrogen-bond acceptors (Lipinski definition) is 3. The zero-order valence-electron chi connectivity index (χ0n) is 12.9. The van der Waals surface area contributed by atoms with Gasteiger partial charge < -0.3 is 19.8 Å². The molecule has 0 unspecified atom stereocenters. The van der Waals surface area contributed by atoms with Crippen molar-refractivity contribution in [2.45, 2.75) is 13.2 Å². The van der Waals surface area contributed by atoms with Gasteiger partial charge in [0.15, 0.2) is 0 Å². The minimum Gasteiger partial charge on any atom is -0.497 e. The van der Waals surface area contributed by atoms with Crippen LogP contribution >= 0.6 is 0 Å². The molecule has 0 saturated carbocycles. The molecule has 0 aliphatic heterocycles. The Kier molecular flexibility index (Phi) is 4.02. The fourth-order valence-electron chi connectivity index (χ4n) is 2.77. The summed E-state index contributed by atoms with van der Waals surface area (Å²) in [6.07, 6.45) is 2.10. The summed E-state index contributed by atoms with van der Waals surface area (Å²) < 4.78 is 13.2. The third-order valence-corrected chi connectivity index (χ3v) is 3.82. The van der Waals surface area contributed by atoms with Crippen LogP contribution in [-0.4, -0.2) is 11.7 Å². The van der Waals surface area contributed by atoms with Gasteiger partial charge in [-0.2, -0.15) is 0 Å². The molecule has 4 nitrogen and oxygen atoms in total. The van der Waals surface area contributed by atoms with Crippen LogP contribution in [0.3, 0.4) is 0 Å². The quantitative estimate of drug-likeness (QED) is 0.786. The summed E-state index contributed by atoms with van der Waals surface area (Å²) in [6, 6.07) is 13.9. The molecule has 114 valence electrons. The molecule has 3 aromatic rings. The van der Waals surface area contributed by atoms with E-state index in [-0.39, 0.29) is 0 Å². The number of benzene rings is 2. The van der Waals surface area contributed by atoms with Crippen molar-refractivity contribution in [3.8, 4) is 11.5 Å². The average Bonchev–Trinajstić information content (AvgIpc) is 2.89. The lowest BCUT2D eigenvalue weighted by molar-refractivity contribution is 0.305. The lowest BCUT2D eigenvalue weighted by atomic mass is 10.1. The molecule has 0 aliphatic rings. The van der Waals surface area contributed by atoms with Gasteiger partial charge >= 0.3 is 0 Å². The molecule has 1 heterocycles. The normalized spacial score (nSPS) is 10.9. The molecule has 4 heteroatoms. The van der Waals surface area contributed by atoms with Crippen LogP contribution in [0.4, 0.5) is 0 Å². The summed E-state index contributed by atoms with van der Waals surface area (Å²) in [6.45, 7) is 1.05. The molecule has 0 radical (unpaired) electrons. The van der Waals surface area contributed by atoms with E-state index >= 15 is 0 Å². The minimum atomic E-state index is 0.512. The van der Waals surface area contributed by atoms with Gasteiger partial charge in [-0.05, 0) is 17.7 Å². The standard InChI is InChI=1S/C18H20N2O2/c1-20-11-14(17-8-3-5-13(10-19)18(17)20)12-22-16-7-4-6-15(9-16)21-2/h3-9,11H,10,12,19H2,1-2H3. The van der Waals surface area contributed by atoms with Crippen LogP contribution in [0.1, 0.15) is 11.1 Å². The van der Waals surface area contributed by atoms with Crippen LogP contribution in [0.5, 0.6) is 11.5 Å². The molecule has 2 aromatic carbocycles. The Morgan fingerprint density at radius 2 is 1.82 bits per heavy atom. The molecule has 0 bridgehead atoms. The largest absolute Gasteiger partial charge is 0.497 e. The molecule has 0 saturated heterocycles. The predicted octanol–water partition coefficient (Wildman–Crippen LogP) is 3.22. The molecule has 0 amide bonds. The van der Waals surface area contributed by atoms with E-state index < -0.39 is 0 Å². The highest BCUT2D eigenvalue weighted by atomic mass is 16.5. The molecule has 1 aromatic heterocycles. The second kappa shape index (κ2) is 6.12. The predicted molar refractivity (Wildman–Crippen MR) is 88.1 cm³/mol. The first-order valence-corrected chi connectivity index (χ1v) is 7.25. The number of nitrogens with zero attached hydrogens (tertiary/aromatic N) is 1. The van der Waals surface area contributed by atoms with Crippen LogP contribution in [0, 0.1) is 0 Å². The molecule has 3 rings (SSSR count). The topological polar surface area (TPSA) is 49.4 Å². The van der Waals surface area contributed by atoms with Crippen molar-refractivity contribution < 1.29 is 9.47 Å². The summed E-state index contributed by atoms with van der Waals surface area (Å²) in [5.74, 6) is 1.59. The number of nitrogens with two attached hydrogens (primary N) is 1. The fourth-order valence-corrected chi connectivity index (χ4v) is 2.77. The number of aryl methyl sites for hydroxylation is 1. The van der Waals surface area contributed by atoms with Gasteiger partial charge in [0.25, 0.3) is 0 Å². The summed E-state index contributed by atoms with van der Waals surface area (Å²) in [5.41, 5.74) is 9.30. The number of fused-ring (bicyclic) bond motifs is 1. The van der Waals surface area contributed by atoms with Crippen molar-refractivity contribution in [3.63, 3.8) is 0 Å². The third-order valence-electron chi connectivity index (χ3n) is 3.82. The summed E-state index contributed by atoms with van der Waals surface area (Å²) in [5, 5.41) is 1.19. The monoisotopic (exact) mass is 296 g/mol. The van der Waals surface area contributed by atoms with Crippen LogP contribution in [0.2, 0.25) is 0 Å². The number of para-hydroxylation sites is 1. The third kappa shape index (κ3) is 2.65. The number of ether oxygens (including phenoxy) is 2. The smallest absolute Gasteiger partial charge is 0.123 e. The Morgan fingerprint density at radius 3 is 2.59 bits per heavy atom. The van der Waals surface area contributed by atoms with Crippen LogP contribution in [0.25, 0.3) is 10.9 Å². The Hall–Kier alpha value is -2.46. The lowest BCUT2D eigenvalue weighted by Gasteiger charge is -2.07. The van der Waals surface area contributed by atoms with Gasteiger partial charge in [-0.15, -0.1) is 0 Å². The molecule has 0 atom stereocenters. The highest BCUT2D eigenvalue weighted by Gasteiger charge is 2.10. The van der Waals surface area contributed by atoms with E-state index in [0.29, 0.717) is 13.2 Å². The number of methoxy groups -OCH3 is 1. The van der Waals surface area contributed by atoms with Gasteiger partial charge in [0.2, 0.25) is 0 Å². The van der Waals surface area contributed by atoms with Gasteiger partial charge in [0.1, 0.15) is 18.1 Å². The first-order valence-electron chi connectivity index (χ1n) is 7.25. The SMILES string of the molecule is COc1cccc(OCc2cn(C)c3c(CN)cccc23)c1. The molecular formula is C18H20N2O2. The van der Waals surface area contributed by atoms with Crippen molar-refractivity contribution in [2.75, 3.05) is 7.11 Å². The van der Waals surface area contributed by atoms with E-state index in [9.17, 15) is 0 Å².